The summed E-state index contributed by atoms with van der Waals surface area (Å²) >= 11 is 3.27. The molecule has 130 valence electrons. The zero-order valence-electron chi connectivity index (χ0n) is 14.8. The zero-order valence-corrected chi connectivity index (χ0v) is 16.4. The minimum absolute atomic E-state index is 0.407. The van der Waals surface area contributed by atoms with E-state index in [9.17, 15) is 9.59 Å². The summed E-state index contributed by atoms with van der Waals surface area (Å²) in [5.41, 5.74) is -0.655. The lowest BCUT2D eigenvalue weighted by molar-refractivity contribution is -0.169. The third-order valence-electron chi connectivity index (χ3n) is 2.73. The standard InChI is InChI=1S/C18H22BrNO4/c1-17(2,3)23-15(21)14(16(22)24-18(4,5)6)11-7-8-12(10-20)13(19)9-11/h7-9,14H,1-6H3. The Bertz CT molecular complexity index is 650. The summed E-state index contributed by atoms with van der Waals surface area (Å²) in [6, 6.07) is 6.68. The van der Waals surface area contributed by atoms with Gasteiger partial charge in [-0.15, -0.1) is 0 Å². The van der Waals surface area contributed by atoms with Gasteiger partial charge in [-0.25, -0.2) is 0 Å². The van der Waals surface area contributed by atoms with Crippen LogP contribution in [0.5, 0.6) is 0 Å². The maximum Gasteiger partial charge on any atom is 0.325 e. The fourth-order valence-electron chi connectivity index (χ4n) is 1.89. The van der Waals surface area contributed by atoms with Crippen LogP contribution in [0, 0.1) is 11.3 Å². The molecule has 0 spiro atoms. The second-order valence-corrected chi connectivity index (χ2v) is 8.21. The normalized spacial score (nSPS) is 11.8. The molecule has 0 aromatic heterocycles. The maximum atomic E-state index is 12.5. The lowest BCUT2D eigenvalue weighted by Gasteiger charge is -2.26. The molecule has 0 bridgehead atoms. The molecule has 5 nitrogen and oxygen atoms in total. The summed E-state index contributed by atoms with van der Waals surface area (Å²) in [5, 5.41) is 9.01. The number of carbonyl (C=O) groups excluding carboxylic acids is 2. The monoisotopic (exact) mass is 395 g/mol. The Morgan fingerprint density at radius 3 is 1.83 bits per heavy atom. The molecule has 6 heteroatoms. The first kappa shape index (κ1) is 20.2. The van der Waals surface area contributed by atoms with Crippen molar-refractivity contribution in [2.75, 3.05) is 0 Å². The van der Waals surface area contributed by atoms with Crippen LogP contribution in [-0.2, 0) is 19.1 Å². The van der Waals surface area contributed by atoms with E-state index >= 15 is 0 Å². The molecule has 0 aliphatic rings. The fourth-order valence-corrected chi connectivity index (χ4v) is 2.38. The van der Waals surface area contributed by atoms with E-state index in [1.54, 1.807) is 59.7 Å². The molecule has 0 N–H and O–H groups in total. The van der Waals surface area contributed by atoms with E-state index in [1.807, 2.05) is 6.07 Å². The Kier molecular flexibility index (Phi) is 6.18. The van der Waals surface area contributed by atoms with E-state index in [4.69, 9.17) is 14.7 Å². The highest BCUT2D eigenvalue weighted by Crippen LogP contribution is 2.28. The summed E-state index contributed by atoms with van der Waals surface area (Å²) in [6.07, 6.45) is 0. The molecule has 0 heterocycles. The van der Waals surface area contributed by atoms with Crippen LogP contribution in [0.4, 0.5) is 0 Å². The van der Waals surface area contributed by atoms with Crippen LogP contribution in [0.2, 0.25) is 0 Å². The highest BCUT2D eigenvalue weighted by molar-refractivity contribution is 9.10. The van der Waals surface area contributed by atoms with Crippen LogP contribution in [0.1, 0.15) is 58.6 Å². The highest BCUT2D eigenvalue weighted by Gasteiger charge is 2.36. The van der Waals surface area contributed by atoms with Crippen LogP contribution >= 0.6 is 15.9 Å². The van der Waals surface area contributed by atoms with Gasteiger partial charge in [0, 0.05) is 4.47 Å². The van der Waals surface area contributed by atoms with Gasteiger partial charge in [0.05, 0.1) is 5.56 Å². The molecule has 1 aromatic carbocycles. The Morgan fingerprint density at radius 2 is 1.50 bits per heavy atom. The molecule has 0 unspecified atom stereocenters. The number of rotatable bonds is 3. The van der Waals surface area contributed by atoms with Crippen LogP contribution in [0.15, 0.2) is 22.7 Å². The Labute approximate surface area is 151 Å². The van der Waals surface area contributed by atoms with E-state index in [0.717, 1.165) is 0 Å². The zero-order chi connectivity index (χ0) is 18.7. The number of nitriles is 1. The minimum Gasteiger partial charge on any atom is -0.459 e. The van der Waals surface area contributed by atoms with Gasteiger partial charge in [0.15, 0.2) is 5.92 Å². The number of benzene rings is 1. The molecule has 0 aliphatic carbocycles. The van der Waals surface area contributed by atoms with Gasteiger partial charge in [-0.1, -0.05) is 6.07 Å². The molecule has 24 heavy (non-hydrogen) atoms. The van der Waals surface area contributed by atoms with Gasteiger partial charge in [-0.05, 0) is 75.2 Å². The number of hydrogen-bond acceptors (Lipinski definition) is 5. The molecule has 0 fully saturated rings. The van der Waals surface area contributed by atoms with Crippen LogP contribution in [0.3, 0.4) is 0 Å². The summed E-state index contributed by atoms with van der Waals surface area (Å²) in [5.74, 6) is -2.59. The van der Waals surface area contributed by atoms with Gasteiger partial charge in [-0.3, -0.25) is 9.59 Å². The number of carbonyl (C=O) groups is 2. The number of hydrogen-bond donors (Lipinski definition) is 0. The summed E-state index contributed by atoms with van der Waals surface area (Å²) < 4.78 is 11.2. The fraction of sp³-hybridized carbons (Fsp3) is 0.500. The summed E-state index contributed by atoms with van der Waals surface area (Å²) in [4.78, 5) is 25.1. The lowest BCUT2D eigenvalue weighted by Crippen LogP contribution is -2.35. The molecule has 0 atom stereocenters. The molecule has 1 rings (SSSR count). The molecule has 1 aromatic rings. The maximum absolute atomic E-state index is 12.5. The largest absolute Gasteiger partial charge is 0.459 e. The van der Waals surface area contributed by atoms with Crippen molar-refractivity contribution in [1.29, 1.82) is 5.26 Å². The van der Waals surface area contributed by atoms with Crippen molar-refractivity contribution in [3.8, 4) is 6.07 Å². The van der Waals surface area contributed by atoms with Gasteiger partial charge in [0.25, 0.3) is 0 Å². The molecule has 0 saturated carbocycles. The summed E-state index contributed by atoms with van der Waals surface area (Å²) in [6.45, 7) is 10.4. The van der Waals surface area contributed by atoms with Gasteiger partial charge < -0.3 is 9.47 Å². The van der Waals surface area contributed by atoms with Crippen molar-refractivity contribution in [3.05, 3.63) is 33.8 Å². The Balaban J connectivity index is 3.28. The predicted molar refractivity (Wildman–Crippen MR) is 93.3 cm³/mol. The topological polar surface area (TPSA) is 76.4 Å². The highest BCUT2D eigenvalue weighted by atomic mass is 79.9. The second-order valence-electron chi connectivity index (χ2n) is 7.35. The van der Waals surface area contributed by atoms with Crippen molar-refractivity contribution in [2.24, 2.45) is 0 Å². The van der Waals surface area contributed by atoms with Crippen molar-refractivity contribution < 1.29 is 19.1 Å². The Hall–Kier alpha value is -1.87. The summed E-state index contributed by atoms with van der Waals surface area (Å²) in [7, 11) is 0. The minimum atomic E-state index is -1.22. The average molecular weight is 396 g/mol. The molecule has 0 saturated heterocycles. The van der Waals surface area contributed by atoms with E-state index in [0.29, 0.717) is 15.6 Å². The SMILES string of the molecule is CC(C)(C)OC(=O)C(C(=O)OC(C)(C)C)c1ccc(C#N)c(Br)c1. The number of halogens is 1. The lowest BCUT2D eigenvalue weighted by atomic mass is 9.97. The quantitative estimate of drug-likeness (QED) is 0.568. The van der Waals surface area contributed by atoms with E-state index in [1.165, 1.54) is 0 Å². The van der Waals surface area contributed by atoms with Gasteiger partial charge >= 0.3 is 11.9 Å². The first-order valence-corrected chi connectivity index (χ1v) is 8.28. The second kappa shape index (κ2) is 7.35. The van der Waals surface area contributed by atoms with Crippen molar-refractivity contribution >= 4 is 27.9 Å². The van der Waals surface area contributed by atoms with Crippen LogP contribution in [0.25, 0.3) is 0 Å². The van der Waals surface area contributed by atoms with Crippen LogP contribution < -0.4 is 0 Å². The molecular weight excluding hydrogens is 374 g/mol. The number of nitrogens with zero attached hydrogens (tertiary/aromatic N) is 1. The van der Waals surface area contributed by atoms with Crippen LogP contribution in [-0.4, -0.2) is 23.1 Å². The van der Waals surface area contributed by atoms with E-state index in [-0.39, 0.29) is 0 Å². The number of esters is 2. The number of ether oxygens (including phenoxy) is 2. The van der Waals surface area contributed by atoms with E-state index < -0.39 is 29.1 Å². The molecule has 0 radical (unpaired) electrons. The first-order valence-electron chi connectivity index (χ1n) is 7.49. The van der Waals surface area contributed by atoms with Crippen molar-refractivity contribution in [3.63, 3.8) is 0 Å². The first-order chi connectivity index (χ1) is 10.8. The van der Waals surface area contributed by atoms with Crippen molar-refractivity contribution in [1.82, 2.24) is 0 Å². The third-order valence-corrected chi connectivity index (χ3v) is 3.39. The predicted octanol–water partition coefficient (Wildman–Crippen LogP) is 4.09. The molecule has 0 amide bonds. The molecular formula is C18H22BrNO4. The Morgan fingerprint density at radius 1 is 1.04 bits per heavy atom. The smallest absolute Gasteiger partial charge is 0.325 e. The molecule has 0 aliphatic heterocycles. The average Bonchev–Trinajstić information content (AvgIpc) is 2.34. The van der Waals surface area contributed by atoms with Gasteiger partial charge in [0.2, 0.25) is 0 Å². The van der Waals surface area contributed by atoms with Crippen molar-refractivity contribution in [2.45, 2.75) is 58.7 Å². The van der Waals surface area contributed by atoms with E-state index in [2.05, 4.69) is 15.9 Å². The van der Waals surface area contributed by atoms with Gasteiger partial charge in [-0.2, -0.15) is 5.26 Å². The van der Waals surface area contributed by atoms with Gasteiger partial charge in [0.1, 0.15) is 17.3 Å². The third kappa shape index (κ3) is 5.97.